The average Bonchev–Trinajstić information content (AvgIpc) is 3.35. The monoisotopic (exact) mass is 451 g/mol. The summed E-state index contributed by atoms with van der Waals surface area (Å²) in [5, 5.41) is 8.14. The number of hydrogen-bond donors (Lipinski definition) is 1. The Kier molecular flexibility index (Phi) is 4.76. The molecule has 34 heavy (non-hydrogen) atoms. The number of benzene rings is 3. The zero-order chi connectivity index (χ0) is 23.2. The van der Waals surface area contributed by atoms with Crippen LogP contribution in [0.5, 0.6) is 11.5 Å². The topological polar surface area (TPSA) is 64.4 Å². The molecule has 1 N–H and O–H groups in total. The minimum absolute atomic E-state index is 0.201. The van der Waals surface area contributed by atoms with Gasteiger partial charge >= 0.3 is 0 Å². The van der Waals surface area contributed by atoms with Crippen LogP contribution < -0.4 is 19.7 Å². The Balaban J connectivity index is 1.61. The van der Waals surface area contributed by atoms with Crippen LogP contribution in [0.3, 0.4) is 0 Å². The van der Waals surface area contributed by atoms with E-state index in [1.54, 1.807) is 13.4 Å². The lowest BCUT2D eigenvalue weighted by molar-refractivity contribution is 0.217. The average molecular weight is 452 g/mol. The molecule has 6 rings (SSSR count). The van der Waals surface area contributed by atoms with Crippen LogP contribution in [0.4, 0.5) is 11.6 Å². The Morgan fingerprint density at radius 1 is 0.971 bits per heavy atom. The number of ether oxygens (including phenoxy) is 2. The van der Waals surface area contributed by atoms with E-state index in [9.17, 15) is 0 Å². The summed E-state index contributed by atoms with van der Waals surface area (Å²) in [6, 6.07) is 24.5. The molecule has 0 bridgehead atoms. The summed E-state index contributed by atoms with van der Waals surface area (Å²) in [7, 11) is 5.77. The van der Waals surface area contributed by atoms with Crippen LogP contribution in [-0.4, -0.2) is 36.0 Å². The van der Waals surface area contributed by atoms with Gasteiger partial charge in [-0.2, -0.15) is 10.1 Å². The van der Waals surface area contributed by atoms with Gasteiger partial charge in [-0.05, 0) is 35.9 Å². The lowest BCUT2D eigenvalue weighted by Gasteiger charge is -2.39. The number of nitrogens with zero attached hydrogens (tertiary/aromatic N) is 4. The molecular weight excluding hydrogens is 426 g/mol. The number of aromatic nitrogens is 3. The Bertz CT molecular complexity index is 1390. The van der Waals surface area contributed by atoms with Gasteiger partial charge in [0, 0.05) is 36.5 Å². The predicted molar refractivity (Wildman–Crippen MR) is 132 cm³/mol. The number of methoxy groups -OCH3 is 1. The molecule has 2 aliphatic rings. The van der Waals surface area contributed by atoms with Gasteiger partial charge in [0.15, 0.2) is 6.10 Å². The van der Waals surface area contributed by atoms with Gasteiger partial charge < -0.3 is 19.7 Å². The number of anilines is 2. The summed E-state index contributed by atoms with van der Waals surface area (Å²) in [6.45, 7) is 0. The lowest BCUT2D eigenvalue weighted by atomic mass is 9.84. The van der Waals surface area contributed by atoms with Crippen molar-refractivity contribution in [2.45, 2.75) is 12.1 Å². The second-order valence-electron chi connectivity index (χ2n) is 8.61. The fourth-order valence-corrected chi connectivity index (χ4v) is 4.83. The third-order valence-corrected chi connectivity index (χ3v) is 6.47. The molecule has 7 heteroatoms. The minimum atomic E-state index is -0.371. The van der Waals surface area contributed by atoms with E-state index < -0.39 is 0 Å². The molecule has 2 atom stereocenters. The van der Waals surface area contributed by atoms with Crippen molar-refractivity contribution in [3.63, 3.8) is 0 Å². The minimum Gasteiger partial charge on any atom is -0.496 e. The molecule has 0 radical (unpaired) electrons. The fraction of sp³-hybridized carbons (Fsp3) is 0.185. The van der Waals surface area contributed by atoms with Crippen molar-refractivity contribution in [3.8, 4) is 11.5 Å². The van der Waals surface area contributed by atoms with Gasteiger partial charge in [0.2, 0.25) is 5.95 Å². The first-order valence-corrected chi connectivity index (χ1v) is 11.2. The van der Waals surface area contributed by atoms with Crippen LogP contribution in [0.25, 0.3) is 5.70 Å². The summed E-state index contributed by atoms with van der Waals surface area (Å²) in [5.74, 6) is 2.31. The third kappa shape index (κ3) is 3.12. The van der Waals surface area contributed by atoms with Crippen LogP contribution in [0.1, 0.15) is 28.8 Å². The second kappa shape index (κ2) is 7.95. The van der Waals surface area contributed by atoms with Crippen molar-refractivity contribution in [1.82, 2.24) is 14.8 Å². The SMILES string of the molecule is COc1ccccc1[C@H]1Oc2ccccc2C2=C1[C@@H](c1ccc(N(C)C)cc1)n1ncnc1N2. The molecule has 2 aliphatic heterocycles. The molecule has 0 amide bonds. The van der Waals surface area contributed by atoms with Crippen LogP contribution in [0, 0.1) is 0 Å². The van der Waals surface area contributed by atoms with Crippen LogP contribution >= 0.6 is 0 Å². The van der Waals surface area contributed by atoms with Crippen LogP contribution in [0.15, 0.2) is 84.7 Å². The number of para-hydroxylation sites is 2. The maximum atomic E-state index is 6.69. The molecule has 0 aliphatic carbocycles. The van der Waals surface area contributed by atoms with Crippen LogP contribution in [0.2, 0.25) is 0 Å². The van der Waals surface area contributed by atoms with Crippen LogP contribution in [-0.2, 0) is 0 Å². The van der Waals surface area contributed by atoms with Crippen molar-refractivity contribution in [3.05, 3.63) is 101 Å². The van der Waals surface area contributed by atoms with E-state index >= 15 is 0 Å². The molecule has 7 nitrogen and oxygen atoms in total. The van der Waals surface area contributed by atoms with Gasteiger partial charge in [0.25, 0.3) is 0 Å². The Morgan fingerprint density at radius 3 is 2.53 bits per heavy atom. The highest BCUT2D eigenvalue weighted by atomic mass is 16.5. The van der Waals surface area contributed by atoms with E-state index in [1.807, 2.05) is 55.2 Å². The number of hydrogen-bond acceptors (Lipinski definition) is 6. The van der Waals surface area contributed by atoms with Crippen molar-refractivity contribution in [1.29, 1.82) is 0 Å². The Hall–Kier alpha value is -4.26. The van der Waals surface area contributed by atoms with Crippen molar-refractivity contribution in [2.75, 3.05) is 31.4 Å². The van der Waals surface area contributed by atoms with E-state index in [4.69, 9.17) is 9.47 Å². The Labute approximate surface area is 198 Å². The molecule has 0 spiro atoms. The summed E-state index contributed by atoms with van der Waals surface area (Å²) >= 11 is 0. The molecule has 1 aromatic heterocycles. The van der Waals surface area contributed by atoms with E-state index in [1.165, 1.54) is 0 Å². The normalized spacial score (nSPS) is 18.2. The van der Waals surface area contributed by atoms with Gasteiger partial charge in [0.1, 0.15) is 23.9 Å². The number of nitrogens with one attached hydrogen (secondary N) is 1. The molecule has 0 saturated carbocycles. The fourth-order valence-electron chi connectivity index (χ4n) is 4.83. The largest absolute Gasteiger partial charge is 0.496 e. The van der Waals surface area contributed by atoms with E-state index in [0.717, 1.165) is 45.1 Å². The molecule has 170 valence electrons. The second-order valence-corrected chi connectivity index (χ2v) is 8.61. The van der Waals surface area contributed by atoms with Gasteiger partial charge in [0.05, 0.1) is 12.8 Å². The summed E-state index contributed by atoms with van der Waals surface area (Å²) in [4.78, 5) is 6.60. The predicted octanol–water partition coefficient (Wildman–Crippen LogP) is 4.91. The van der Waals surface area contributed by atoms with Crippen molar-refractivity contribution >= 4 is 17.3 Å². The lowest BCUT2D eigenvalue weighted by Crippen LogP contribution is -2.32. The van der Waals surface area contributed by atoms with E-state index in [2.05, 4.69) is 56.7 Å². The molecule has 3 aromatic carbocycles. The summed E-state index contributed by atoms with van der Waals surface area (Å²) in [5.41, 5.74) is 6.28. The number of rotatable bonds is 4. The molecule has 0 saturated heterocycles. The highest BCUT2D eigenvalue weighted by molar-refractivity contribution is 5.85. The molecular formula is C27H25N5O2. The maximum absolute atomic E-state index is 6.69. The van der Waals surface area contributed by atoms with Gasteiger partial charge in [-0.15, -0.1) is 0 Å². The molecule has 3 heterocycles. The van der Waals surface area contributed by atoms with Gasteiger partial charge in [-0.1, -0.05) is 42.5 Å². The maximum Gasteiger partial charge on any atom is 0.226 e. The quantitative estimate of drug-likeness (QED) is 0.476. The first-order valence-electron chi connectivity index (χ1n) is 11.2. The van der Waals surface area contributed by atoms with E-state index in [0.29, 0.717) is 5.95 Å². The molecule has 0 unspecified atom stereocenters. The highest BCUT2D eigenvalue weighted by Crippen LogP contribution is 2.51. The highest BCUT2D eigenvalue weighted by Gasteiger charge is 2.41. The Morgan fingerprint density at radius 2 is 1.74 bits per heavy atom. The summed E-state index contributed by atoms with van der Waals surface area (Å²) < 4.78 is 14.4. The van der Waals surface area contributed by atoms with Gasteiger partial charge in [-0.25, -0.2) is 4.68 Å². The first kappa shape index (κ1) is 20.4. The molecule has 0 fully saturated rings. The van der Waals surface area contributed by atoms with E-state index in [-0.39, 0.29) is 12.1 Å². The zero-order valence-corrected chi connectivity index (χ0v) is 19.3. The van der Waals surface area contributed by atoms with Crippen molar-refractivity contribution in [2.24, 2.45) is 0 Å². The zero-order valence-electron chi connectivity index (χ0n) is 19.3. The van der Waals surface area contributed by atoms with Gasteiger partial charge in [-0.3, -0.25) is 0 Å². The standard InChI is InChI=1S/C27H25N5O2/c1-31(2)18-14-12-17(13-15-18)25-23-24(30-27-28-16-29-32(25)27)19-8-4-7-11-22(19)34-26(23)20-9-5-6-10-21(20)33-3/h4-16,25-26H,1-3H3,(H,28,29,30)/t25-,26-/m1/s1. The summed E-state index contributed by atoms with van der Waals surface area (Å²) in [6.07, 6.45) is 1.22. The molecule has 4 aromatic rings. The third-order valence-electron chi connectivity index (χ3n) is 6.47. The smallest absolute Gasteiger partial charge is 0.226 e. The first-order chi connectivity index (χ1) is 16.7. The van der Waals surface area contributed by atoms with Crippen molar-refractivity contribution < 1.29 is 9.47 Å². The number of fused-ring (bicyclic) bond motifs is 3.